The van der Waals surface area contributed by atoms with Crippen molar-refractivity contribution in [1.82, 2.24) is 14.5 Å². The Bertz CT molecular complexity index is 408. The van der Waals surface area contributed by atoms with E-state index in [0.717, 1.165) is 6.54 Å². The first kappa shape index (κ1) is 9.83. The second kappa shape index (κ2) is 4.68. The fraction of sp³-hybridized carbons (Fsp3) is 0.364. The molecule has 0 aliphatic heterocycles. The van der Waals surface area contributed by atoms with Crippen LogP contribution in [0.5, 0.6) is 0 Å². The lowest BCUT2D eigenvalue weighted by Crippen LogP contribution is -2.31. The Hall–Kier alpha value is -1.71. The standard InChI is InChI=1S/C11H14N4/c1-2-3-7-14-8-9-15(10-14)11-12-5-4-6-13-11/h4-6,8-9H,2-3,7H2,1H3. The van der Waals surface area contributed by atoms with Crippen molar-refractivity contribution in [2.75, 3.05) is 0 Å². The molecule has 0 spiro atoms. The maximum atomic E-state index is 4.15. The van der Waals surface area contributed by atoms with Crippen LogP contribution in [0.2, 0.25) is 0 Å². The number of hydrogen-bond donors (Lipinski definition) is 0. The molecule has 2 rings (SSSR count). The summed E-state index contributed by atoms with van der Waals surface area (Å²) in [5, 5.41) is 0. The van der Waals surface area contributed by atoms with Crippen LogP contribution in [0, 0.1) is 6.33 Å². The summed E-state index contributed by atoms with van der Waals surface area (Å²) in [6, 6.07) is 1.80. The fourth-order valence-corrected chi connectivity index (χ4v) is 1.33. The average Bonchev–Trinajstić information content (AvgIpc) is 2.76. The van der Waals surface area contributed by atoms with Crippen LogP contribution in [0.1, 0.15) is 19.8 Å². The Morgan fingerprint density at radius 3 is 2.93 bits per heavy atom. The molecule has 0 fully saturated rings. The molecule has 2 aromatic rings. The van der Waals surface area contributed by atoms with Gasteiger partial charge in [0.2, 0.25) is 12.3 Å². The predicted molar refractivity (Wildman–Crippen MR) is 55.3 cm³/mol. The zero-order valence-corrected chi connectivity index (χ0v) is 8.80. The molecule has 15 heavy (non-hydrogen) atoms. The summed E-state index contributed by atoms with van der Waals surface area (Å²) in [4.78, 5) is 8.30. The minimum Gasteiger partial charge on any atom is -0.320 e. The van der Waals surface area contributed by atoms with E-state index in [1.165, 1.54) is 12.8 Å². The van der Waals surface area contributed by atoms with E-state index in [9.17, 15) is 0 Å². The van der Waals surface area contributed by atoms with E-state index >= 15 is 0 Å². The largest absolute Gasteiger partial charge is 0.320 e. The van der Waals surface area contributed by atoms with Gasteiger partial charge in [0.15, 0.2) is 0 Å². The van der Waals surface area contributed by atoms with Crippen LogP contribution in [0.25, 0.3) is 5.95 Å². The van der Waals surface area contributed by atoms with Gasteiger partial charge in [-0.3, -0.25) is 4.57 Å². The summed E-state index contributed by atoms with van der Waals surface area (Å²) in [5.74, 6) is 0.660. The van der Waals surface area contributed by atoms with Gasteiger partial charge in [0.25, 0.3) is 0 Å². The van der Waals surface area contributed by atoms with Crippen molar-refractivity contribution >= 4 is 0 Å². The van der Waals surface area contributed by atoms with Crippen molar-refractivity contribution in [2.45, 2.75) is 26.3 Å². The summed E-state index contributed by atoms with van der Waals surface area (Å²) in [6.45, 7) is 3.17. The van der Waals surface area contributed by atoms with Crippen molar-refractivity contribution in [2.24, 2.45) is 0 Å². The minimum atomic E-state index is 0.660. The highest BCUT2D eigenvalue weighted by Gasteiger charge is 2.00. The van der Waals surface area contributed by atoms with E-state index in [-0.39, 0.29) is 0 Å². The number of rotatable bonds is 4. The third kappa shape index (κ3) is 2.40. The van der Waals surface area contributed by atoms with Gasteiger partial charge < -0.3 is 4.57 Å². The Labute approximate surface area is 89.2 Å². The van der Waals surface area contributed by atoms with E-state index in [4.69, 9.17) is 0 Å². The van der Waals surface area contributed by atoms with Gasteiger partial charge in [-0.25, -0.2) is 9.97 Å². The van der Waals surface area contributed by atoms with Crippen molar-refractivity contribution < 1.29 is 4.57 Å². The van der Waals surface area contributed by atoms with Gasteiger partial charge >= 0.3 is 0 Å². The third-order valence-electron chi connectivity index (χ3n) is 2.15. The summed E-state index contributed by atoms with van der Waals surface area (Å²) in [7, 11) is 0. The van der Waals surface area contributed by atoms with Crippen molar-refractivity contribution in [1.29, 1.82) is 0 Å². The molecule has 0 N–H and O–H groups in total. The molecule has 0 saturated heterocycles. The third-order valence-corrected chi connectivity index (χ3v) is 2.15. The van der Waals surface area contributed by atoms with Gasteiger partial charge in [-0.05, 0) is 12.5 Å². The Morgan fingerprint density at radius 1 is 1.40 bits per heavy atom. The van der Waals surface area contributed by atoms with Crippen LogP contribution in [0.3, 0.4) is 0 Å². The number of aromatic nitrogens is 4. The number of aryl methyl sites for hydroxylation is 1. The van der Waals surface area contributed by atoms with E-state index in [1.54, 1.807) is 23.0 Å². The molecular formula is C11H14N4. The van der Waals surface area contributed by atoms with E-state index < -0.39 is 0 Å². The molecule has 2 aromatic heterocycles. The molecule has 0 saturated carbocycles. The molecule has 2 heterocycles. The van der Waals surface area contributed by atoms with Gasteiger partial charge in [-0.15, -0.1) is 0 Å². The maximum Gasteiger partial charge on any atom is 0.245 e. The minimum absolute atomic E-state index is 0.660. The van der Waals surface area contributed by atoms with Gasteiger partial charge in [0.05, 0.1) is 6.54 Å². The lowest BCUT2D eigenvalue weighted by Gasteiger charge is -1.98. The maximum absolute atomic E-state index is 4.15. The second-order valence-corrected chi connectivity index (χ2v) is 3.36. The normalized spacial score (nSPS) is 10.5. The Morgan fingerprint density at radius 2 is 2.20 bits per heavy atom. The average molecular weight is 202 g/mol. The summed E-state index contributed by atoms with van der Waals surface area (Å²) < 4.78 is 3.83. The molecule has 0 atom stereocenters. The van der Waals surface area contributed by atoms with Gasteiger partial charge in [-0.1, -0.05) is 13.3 Å². The van der Waals surface area contributed by atoms with E-state index in [0.29, 0.717) is 5.95 Å². The lowest BCUT2D eigenvalue weighted by atomic mass is 10.3. The van der Waals surface area contributed by atoms with Crippen LogP contribution < -0.4 is 4.57 Å². The number of imidazole rings is 1. The Kier molecular flexibility index (Phi) is 3.07. The van der Waals surface area contributed by atoms with Crippen LogP contribution in [-0.2, 0) is 6.54 Å². The van der Waals surface area contributed by atoms with Gasteiger partial charge in [0.1, 0.15) is 0 Å². The first-order valence-electron chi connectivity index (χ1n) is 5.17. The first-order valence-corrected chi connectivity index (χ1v) is 5.17. The zero-order valence-electron chi connectivity index (χ0n) is 8.80. The molecule has 0 aromatic carbocycles. The molecule has 0 unspecified atom stereocenters. The molecule has 4 heteroatoms. The molecule has 0 aliphatic rings. The second-order valence-electron chi connectivity index (χ2n) is 3.36. The summed E-state index contributed by atoms with van der Waals surface area (Å²) in [5.41, 5.74) is 0. The summed E-state index contributed by atoms with van der Waals surface area (Å²) in [6.07, 6.45) is 12.9. The molecule has 0 aliphatic carbocycles. The molecule has 0 bridgehead atoms. The van der Waals surface area contributed by atoms with Crippen LogP contribution in [0.4, 0.5) is 0 Å². The molecule has 78 valence electrons. The Balaban J connectivity index is 2.14. The number of unbranched alkanes of at least 4 members (excludes halogenated alkanes) is 1. The van der Waals surface area contributed by atoms with Crippen molar-refractivity contribution in [3.63, 3.8) is 0 Å². The van der Waals surface area contributed by atoms with Crippen molar-refractivity contribution in [3.05, 3.63) is 37.2 Å². The highest BCUT2D eigenvalue weighted by molar-refractivity contribution is 5.06. The molecular weight excluding hydrogens is 188 g/mol. The predicted octanol–water partition coefficient (Wildman–Crippen LogP) is 1.16. The topological polar surface area (TPSA) is 34.6 Å². The fourth-order valence-electron chi connectivity index (χ4n) is 1.33. The first-order chi connectivity index (χ1) is 7.40. The SMILES string of the molecule is CCCC[n+]1[c-]n(-c2ncccn2)cc1. The zero-order chi connectivity index (χ0) is 10.5. The van der Waals surface area contributed by atoms with Crippen molar-refractivity contribution in [3.8, 4) is 5.95 Å². The highest BCUT2D eigenvalue weighted by atomic mass is 15.2. The van der Waals surface area contributed by atoms with Gasteiger partial charge in [-0.2, -0.15) is 0 Å². The molecule has 0 radical (unpaired) electrons. The lowest BCUT2D eigenvalue weighted by molar-refractivity contribution is -0.700. The number of nitrogens with zero attached hydrogens (tertiary/aromatic N) is 4. The summed E-state index contributed by atoms with van der Waals surface area (Å²) >= 11 is 0. The van der Waals surface area contributed by atoms with Crippen LogP contribution in [-0.4, -0.2) is 14.5 Å². The highest BCUT2D eigenvalue weighted by Crippen LogP contribution is 1.95. The monoisotopic (exact) mass is 202 g/mol. The van der Waals surface area contributed by atoms with Crippen LogP contribution >= 0.6 is 0 Å². The van der Waals surface area contributed by atoms with E-state index in [1.807, 2.05) is 17.0 Å². The quantitative estimate of drug-likeness (QED) is 0.550. The smallest absolute Gasteiger partial charge is 0.245 e. The molecule has 0 amide bonds. The van der Waals surface area contributed by atoms with Crippen LogP contribution in [0.15, 0.2) is 30.9 Å². The van der Waals surface area contributed by atoms with Gasteiger partial charge in [0, 0.05) is 24.8 Å². The number of hydrogen-bond acceptors (Lipinski definition) is 2. The van der Waals surface area contributed by atoms with E-state index in [2.05, 4.69) is 23.2 Å². The molecule has 4 nitrogen and oxygen atoms in total.